The Morgan fingerprint density at radius 1 is 1.26 bits per heavy atom. The monoisotopic (exact) mass is 273 g/mol. The molecule has 0 aromatic heterocycles. The number of carboxylic acid groups (broad SMARTS) is 1. The van der Waals surface area contributed by atoms with E-state index in [1.807, 2.05) is 32.8 Å². The number of hydrogen-bond acceptors (Lipinski definition) is 3. The molecular weight excluding hydrogens is 246 g/mol. The molecule has 1 unspecified atom stereocenters. The lowest BCUT2D eigenvalue weighted by Crippen LogP contribution is -2.51. The molecule has 0 saturated heterocycles. The summed E-state index contributed by atoms with van der Waals surface area (Å²) in [5.74, 6) is -1.17. The van der Waals surface area contributed by atoms with Crippen LogP contribution in [0.3, 0.4) is 0 Å². The lowest BCUT2D eigenvalue weighted by Gasteiger charge is -2.29. The number of aliphatic carboxylic acids is 1. The molecule has 0 aliphatic heterocycles. The second-order valence-corrected chi connectivity index (χ2v) is 6.29. The molecule has 112 valence electrons. The van der Waals surface area contributed by atoms with Crippen LogP contribution in [0.5, 0.6) is 0 Å². The molecule has 6 nitrogen and oxygen atoms in total. The topological polar surface area (TPSA) is 81.7 Å². The van der Waals surface area contributed by atoms with Gasteiger partial charge in [0, 0.05) is 13.1 Å². The maximum absolute atomic E-state index is 11.7. The smallest absolute Gasteiger partial charge is 0.326 e. The van der Waals surface area contributed by atoms with E-state index in [0.717, 1.165) is 6.54 Å². The molecule has 19 heavy (non-hydrogen) atoms. The number of urea groups is 1. The van der Waals surface area contributed by atoms with Gasteiger partial charge in [-0.2, -0.15) is 0 Å². The third-order valence-corrected chi connectivity index (χ3v) is 2.69. The fourth-order valence-electron chi connectivity index (χ4n) is 1.94. The van der Waals surface area contributed by atoms with Gasteiger partial charge < -0.3 is 20.6 Å². The van der Waals surface area contributed by atoms with Crippen LogP contribution in [0.2, 0.25) is 0 Å². The summed E-state index contributed by atoms with van der Waals surface area (Å²) in [5, 5.41) is 14.2. The van der Waals surface area contributed by atoms with Gasteiger partial charge in [0.15, 0.2) is 0 Å². The summed E-state index contributed by atoms with van der Waals surface area (Å²) in [7, 11) is 3.95. The van der Waals surface area contributed by atoms with Gasteiger partial charge in [-0.3, -0.25) is 0 Å². The molecule has 0 heterocycles. The summed E-state index contributed by atoms with van der Waals surface area (Å²) in [4.78, 5) is 24.7. The van der Waals surface area contributed by atoms with E-state index in [2.05, 4.69) is 10.6 Å². The lowest BCUT2D eigenvalue weighted by molar-refractivity contribution is -0.140. The first-order chi connectivity index (χ1) is 8.55. The van der Waals surface area contributed by atoms with Gasteiger partial charge >= 0.3 is 12.0 Å². The Kier molecular flexibility index (Phi) is 6.83. The Labute approximate surface area is 115 Å². The molecule has 2 amide bonds. The van der Waals surface area contributed by atoms with Crippen molar-refractivity contribution in [2.24, 2.45) is 11.3 Å². The molecule has 0 aliphatic carbocycles. The maximum atomic E-state index is 11.7. The highest BCUT2D eigenvalue weighted by molar-refractivity contribution is 5.82. The van der Waals surface area contributed by atoms with E-state index in [-0.39, 0.29) is 11.3 Å². The predicted molar refractivity (Wildman–Crippen MR) is 75.1 cm³/mol. The van der Waals surface area contributed by atoms with Crippen LogP contribution in [0.4, 0.5) is 4.79 Å². The van der Waals surface area contributed by atoms with E-state index in [9.17, 15) is 9.59 Å². The van der Waals surface area contributed by atoms with Crippen LogP contribution in [0.25, 0.3) is 0 Å². The number of nitrogens with zero attached hydrogens (tertiary/aromatic N) is 1. The van der Waals surface area contributed by atoms with Gasteiger partial charge in [-0.05, 0) is 25.4 Å². The highest BCUT2D eigenvalue weighted by atomic mass is 16.4. The number of amides is 2. The van der Waals surface area contributed by atoms with E-state index >= 15 is 0 Å². The molecule has 0 radical (unpaired) electrons. The molecule has 0 aromatic rings. The Morgan fingerprint density at radius 2 is 1.79 bits per heavy atom. The quantitative estimate of drug-likeness (QED) is 0.646. The minimum absolute atomic E-state index is 0.0720. The summed E-state index contributed by atoms with van der Waals surface area (Å²) in [6.07, 6.45) is 0. The third kappa shape index (κ3) is 7.66. The minimum Gasteiger partial charge on any atom is -0.480 e. The Morgan fingerprint density at radius 3 is 2.16 bits per heavy atom. The van der Waals surface area contributed by atoms with Gasteiger partial charge in [-0.15, -0.1) is 0 Å². The molecule has 0 spiro atoms. The van der Waals surface area contributed by atoms with Crippen molar-refractivity contribution in [2.75, 3.05) is 27.2 Å². The summed E-state index contributed by atoms with van der Waals surface area (Å²) >= 11 is 0. The van der Waals surface area contributed by atoms with Crippen molar-refractivity contribution in [3.05, 3.63) is 0 Å². The fourth-order valence-corrected chi connectivity index (χ4v) is 1.94. The van der Waals surface area contributed by atoms with Gasteiger partial charge in [0.05, 0.1) is 0 Å². The second-order valence-electron chi connectivity index (χ2n) is 6.29. The zero-order valence-corrected chi connectivity index (χ0v) is 12.8. The highest BCUT2D eigenvalue weighted by Crippen LogP contribution is 2.14. The molecule has 0 bridgehead atoms. The number of carbonyl (C=O) groups is 2. The first kappa shape index (κ1) is 17.7. The van der Waals surface area contributed by atoms with Gasteiger partial charge in [0.1, 0.15) is 6.04 Å². The largest absolute Gasteiger partial charge is 0.480 e. The number of nitrogens with one attached hydrogen (secondary N) is 2. The number of rotatable bonds is 7. The molecule has 0 fully saturated rings. The number of carboxylic acids is 1. The zero-order valence-electron chi connectivity index (χ0n) is 12.8. The van der Waals surface area contributed by atoms with Crippen LogP contribution >= 0.6 is 0 Å². The lowest BCUT2D eigenvalue weighted by atomic mass is 9.93. The summed E-state index contributed by atoms with van der Waals surface area (Å²) in [5.41, 5.74) is -0.0720. The van der Waals surface area contributed by atoms with Crippen molar-refractivity contribution < 1.29 is 14.7 Å². The fraction of sp³-hybridized carbons (Fsp3) is 0.846. The summed E-state index contributed by atoms with van der Waals surface area (Å²) in [6, 6.07) is -1.30. The Hall–Kier alpha value is -1.30. The molecule has 3 N–H and O–H groups in total. The van der Waals surface area contributed by atoms with Crippen molar-refractivity contribution in [1.29, 1.82) is 0 Å². The van der Waals surface area contributed by atoms with Gasteiger partial charge in [-0.25, -0.2) is 9.59 Å². The second kappa shape index (κ2) is 7.33. The Balaban J connectivity index is 4.28. The minimum atomic E-state index is -1.02. The SMILES string of the molecule is CC(C)C(NC(=O)NCC(C)(C)CN(C)C)C(=O)O. The number of hydrogen-bond donors (Lipinski definition) is 3. The molecular formula is C13H27N3O3. The van der Waals surface area contributed by atoms with Crippen LogP contribution in [0, 0.1) is 11.3 Å². The van der Waals surface area contributed by atoms with E-state index < -0.39 is 18.0 Å². The predicted octanol–water partition coefficient (Wildman–Crippen LogP) is 0.983. The average molecular weight is 273 g/mol. The zero-order chi connectivity index (χ0) is 15.2. The Bertz CT molecular complexity index is 314. The van der Waals surface area contributed by atoms with Crippen LogP contribution in [-0.4, -0.2) is 55.2 Å². The molecule has 1 atom stereocenters. The molecule has 0 saturated carbocycles. The number of carbonyl (C=O) groups excluding carboxylic acids is 1. The van der Waals surface area contributed by atoms with E-state index in [0.29, 0.717) is 6.54 Å². The van der Waals surface area contributed by atoms with Gasteiger partial charge in [0.2, 0.25) is 0 Å². The first-order valence-electron chi connectivity index (χ1n) is 6.47. The van der Waals surface area contributed by atoms with Crippen molar-refractivity contribution in [2.45, 2.75) is 33.7 Å². The van der Waals surface area contributed by atoms with Crippen LogP contribution in [0.1, 0.15) is 27.7 Å². The van der Waals surface area contributed by atoms with Crippen molar-refractivity contribution in [3.63, 3.8) is 0 Å². The highest BCUT2D eigenvalue weighted by Gasteiger charge is 2.25. The van der Waals surface area contributed by atoms with E-state index in [1.165, 1.54) is 0 Å². The molecule has 0 rings (SSSR count). The van der Waals surface area contributed by atoms with Gasteiger partial charge in [-0.1, -0.05) is 27.7 Å². The average Bonchev–Trinajstić information content (AvgIpc) is 2.20. The van der Waals surface area contributed by atoms with Crippen LogP contribution in [0.15, 0.2) is 0 Å². The molecule has 6 heteroatoms. The normalized spacial score (nSPS) is 13.5. The first-order valence-corrected chi connectivity index (χ1v) is 6.47. The van der Waals surface area contributed by atoms with Gasteiger partial charge in [0.25, 0.3) is 0 Å². The molecule has 0 aliphatic rings. The van der Waals surface area contributed by atoms with Crippen molar-refractivity contribution in [1.82, 2.24) is 15.5 Å². The van der Waals surface area contributed by atoms with Crippen molar-refractivity contribution in [3.8, 4) is 0 Å². The summed E-state index contributed by atoms with van der Waals surface area (Å²) in [6.45, 7) is 8.93. The molecule has 0 aromatic carbocycles. The maximum Gasteiger partial charge on any atom is 0.326 e. The van der Waals surface area contributed by atoms with E-state index in [4.69, 9.17) is 5.11 Å². The third-order valence-electron chi connectivity index (χ3n) is 2.69. The van der Waals surface area contributed by atoms with E-state index in [1.54, 1.807) is 13.8 Å². The summed E-state index contributed by atoms with van der Waals surface area (Å²) < 4.78 is 0. The van der Waals surface area contributed by atoms with Crippen molar-refractivity contribution >= 4 is 12.0 Å². The van der Waals surface area contributed by atoms with Crippen LogP contribution < -0.4 is 10.6 Å². The van der Waals surface area contributed by atoms with Crippen LogP contribution in [-0.2, 0) is 4.79 Å². The standard InChI is InChI=1S/C13H27N3O3/c1-9(2)10(11(17)18)15-12(19)14-7-13(3,4)8-16(5)6/h9-10H,7-8H2,1-6H3,(H,17,18)(H2,14,15,19).